The van der Waals surface area contributed by atoms with Gasteiger partial charge in [0.15, 0.2) is 0 Å². The fourth-order valence-electron chi connectivity index (χ4n) is 2.98. The molecule has 0 radical (unpaired) electrons. The summed E-state index contributed by atoms with van der Waals surface area (Å²) in [6, 6.07) is 9.96. The van der Waals surface area contributed by atoms with Crippen LogP contribution in [0.5, 0.6) is 0 Å². The van der Waals surface area contributed by atoms with E-state index in [-0.39, 0.29) is 36.2 Å². The zero-order chi connectivity index (χ0) is 22.4. The fourth-order valence-corrected chi connectivity index (χ4v) is 2.98. The number of carbonyl (C=O) groups excluding carboxylic acids is 1. The van der Waals surface area contributed by atoms with Gasteiger partial charge in [0.05, 0.1) is 5.56 Å². The largest absolute Gasteiger partial charge is 0.416 e. The van der Waals surface area contributed by atoms with Crippen molar-refractivity contribution in [3.8, 4) is 11.4 Å². The number of hydrogen-bond acceptors (Lipinski definition) is 4. The Balaban J connectivity index is 1.68. The monoisotopic (exact) mass is 435 g/mol. The van der Waals surface area contributed by atoms with Crippen LogP contribution in [-0.2, 0) is 12.6 Å². The van der Waals surface area contributed by atoms with Gasteiger partial charge in [-0.2, -0.15) is 18.2 Å². The lowest BCUT2D eigenvalue weighted by molar-refractivity contribution is -0.137. The normalized spacial score (nSPS) is 11.5. The third-order valence-electron chi connectivity index (χ3n) is 4.67. The summed E-state index contributed by atoms with van der Waals surface area (Å²) in [5.74, 6) is -0.362. The molecule has 0 aliphatic heterocycles. The van der Waals surface area contributed by atoms with Crippen LogP contribution in [0, 0.1) is 5.82 Å². The average Bonchev–Trinajstić information content (AvgIpc) is 3.22. The molecule has 0 aliphatic rings. The van der Waals surface area contributed by atoms with Crippen LogP contribution in [0.2, 0.25) is 0 Å². The third-order valence-corrected chi connectivity index (χ3v) is 4.67. The molecule has 0 aliphatic carbocycles. The first-order valence-corrected chi connectivity index (χ1v) is 9.83. The molecule has 0 atom stereocenters. The van der Waals surface area contributed by atoms with Gasteiger partial charge in [-0.1, -0.05) is 36.7 Å². The second-order valence-corrected chi connectivity index (χ2v) is 6.99. The number of unbranched alkanes of at least 4 members (excludes halogenated alkanes) is 1. The van der Waals surface area contributed by atoms with E-state index in [1.165, 1.54) is 30.3 Å². The number of alkyl halides is 3. The van der Waals surface area contributed by atoms with E-state index in [4.69, 9.17) is 4.52 Å². The Morgan fingerprint density at radius 1 is 1.10 bits per heavy atom. The van der Waals surface area contributed by atoms with E-state index in [2.05, 4.69) is 10.1 Å². The van der Waals surface area contributed by atoms with Crippen LogP contribution in [0.1, 0.15) is 41.6 Å². The Labute approximate surface area is 176 Å². The standard InChI is InChI=1S/C22H21F4N3O2/c1-2-3-12-29(21(30)16-5-4-6-18(23)14-16)13-11-19-27-20(28-31-19)15-7-9-17(10-8-15)22(24,25)26/h4-10,14H,2-3,11-13H2,1H3. The summed E-state index contributed by atoms with van der Waals surface area (Å²) < 4.78 is 56.8. The molecule has 1 aromatic heterocycles. The number of benzene rings is 2. The highest BCUT2D eigenvalue weighted by molar-refractivity contribution is 5.94. The first kappa shape index (κ1) is 22.5. The number of carbonyl (C=O) groups is 1. The molecule has 0 saturated carbocycles. The Morgan fingerprint density at radius 2 is 1.84 bits per heavy atom. The van der Waals surface area contributed by atoms with Crippen molar-refractivity contribution in [1.29, 1.82) is 0 Å². The zero-order valence-electron chi connectivity index (χ0n) is 16.8. The molecule has 0 bridgehead atoms. The molecule has 0 saturated heterocycles. The first-order chi connectivity index (χ1) is 14.8. The van der Waals surface area contributed by atoms with Gasteiger partial charge in [-0.15, -0.1) is 0 Å². The second kappa shape index (κ2) is 9.72. The van der Waals surface area contributed by atoms with Gasteiger partial charge in [0, 0.05) is 30.6 Å². The van der Waals surface area contributed by atoms with Gasteiger partial charge in [0.1, 0.15) is 5.82 Å². The lowest BCUT2D eigenvalue weighted by Crippen LogP contribution is -2.34. The summed E-state index contributed by atoms with van der Waals surface area (Å²) in [5.41, 5.74) is -0.115. The molecule has 2 aromatic carbocycles. The maximum atomic E-state index is 13.5. The van der Waals surface area contributed by atoms with E-state index in [9.17, 15) is 22.4 Å². The van der Waals surface area contributed by atoms with E-state index in [0.717, 1.165) is 25.0 Å². The molecule has 1 heterocycles. The molecule has 9 heteroatoms. The Morgan fingerprint density at radius 3 is 2.48 bits per heavy atom. The zero-order valence-corrected chi connectivity index (χ0v) is 16.8. The van der Waals surface area contributed by atoms with Crippen molar-refractivity contribution in [2.24, 2.45) is 0 Å². The van der Waals surface area contributed by atoms with E-state index in [1.807, 2.05) is 6.92 Å². The number of amides is 1. The van der Waals surface area contributed by atoms with Gasteiger partial charge in [-0.05, 0) is 36.8 Å². The van der Waals surface area contributed by atoms with E-state index >= 15 is 0 Å². The number of aromatic nitrogens is 2. The van der Waals surface area contributed by atoms with Crippen LogP contribution in [-0.4, -0.2) is 34.0 Å². The predicted molar refractivity (Wildman–Crippen MR) is 106 cm³/mol. The van der Waals surface area contributed by atoms with E-state index in [1.54, 1.807) is 11.0 Å². The van der Waals surface area contributed by atoms with Crippen LogP contribution < -0.4 is 0 Å². The minimum atomic E-state index is -4.42. The van der Waals surface area contributed by atoms with E-state index in [0.29, 0.717) is 12.1 Å². The molecule has 0 fully saturated rings. The fraction of sp³-hybridized carbons (Fsp3) is 0.318. The Kier molecular flexibility index (Phi) is 7.04. The maximum absolute atomic E-state index is 13.5. The predicted octanol–water partition coefficient (Wildman–Crippen LogP) is 5.38. The van der Waals surface area contributed by atoms with Crippen LogP contribution in [0.4, 0.5) is 17.6 Å². The summed E-state index contributed by atoms with van der Waals surface area (Å²) in [6.07, 6.45) is -2.50. The second-order valence-electron chi connectivity index (χ2n) is 6.99. The van der Waals surface area contributed by atoms with Crippen molar-refractivity contribution >= 4 is 5.91 Å². The number of hydrogen-bond donors (Lipinski definition) is 0. The third kappa shape index (κ3) is 5.90. The van der Waals surface area contributed by atoms with Crippen molar-refractivity contribution < 1.29 is 26.9 Å². The lowest BCUT2D eigenvalue weighted by Gasteiger charge is -2.22. The summed E-state index contributed by atoms with van der Waals surface area (Å²) in [5, 5.41) is 3.81. The minimum Gasteiger partial charge on any atom is -0.339 e. The molecule has 164 valence electrons. The van der Waals surface area contributed by atoms with Crippen LogP contribution in [0.25, 0.3) is 11.4 Å². The number of rotatable bonds is 8. The quantitative estimate of drug-likeness (QED) is 0.446. The summed E-state index contributed by atoms with van der Waals surface area (Å²) in [7, 11) is 0. The van der Waals surface area contributed by atoms with Crippen LogP contribution >= 0.6 is 0 Å². The minimum absolute atomic E-state index is 0.167. The van der Waals surface area contributed by atoms with Gasteiger partial charge in [-0.25, -0.2) is 4.39 Å². The number of halogens is 4. The van der Waals surface area contributed by atoms with Gasteiger partial charge in [0.25, 0.3) is 5.91 Å². The van der Waals surface area contributed by atoms with Crippen molar-refractivity contribution in [2.45, 2.75) is 32.4 Å². The summed E-state index contributed by atoms with van der Waals surface area (Å²) in [6.45, 7) is 2.77. The summed E-state index contributed by atoms with van der Waals surface area (Å²) in [4.78, 5) is 18.6. The Hall–Kier alpha value is -3.23. The summed E-state index contributed by atoms with van der Waals surface area (Å²) >= 11 is 0. The molecule has 0 unspecified atom stereocenters. The highest BCUT2D eigenvalue weighted by Crippen LogP contribution is 2.30. The van der Waals surface area contributed by atoms with Gasteiger partial charge in [0.2, 0.25) is 11.7 Å². The van der Waals surface area contributed by atoms with Crippen LogP contribution in [0.15, 0.2) is 53.1 Å². The van der Waals surface area contributed by atoms with Gasteiger partial charge in [-0.3, -0.25) is 4.79 Å². The van der Waals surface area contributed by atoms with Crippen molar-refractivity contribution in [1.82, 2.24) is 15.0 Å². The molecular weight excluding hydrogens is 414 g/mol. The SMILES string of the molecule is CCCCN(CCc1nc(-c2ccc(C(F)(F)F)cc2)no1)C(=O)c1cccc(F)c1. The molecule has 3 rings (SSSR count). The molecule has 5 nitrogen and oxygen atoms in total. The van der Waals surface area contributed by atoms with Gasteiger partial charge < -0.3 is 9.42 Å². The van der Waals surface area contributed by atoms with Crippen molar-refractivity contribution in [3.63, 3.8) is 0 Å². The van der Waals surface area contributed by atoms with Crippen molar-refractivity contribution in [3.05, 3.63) is 71.4 Å². The molecule has 0 N–H and O–H groups in total. The van der Waals surface area contributed by atoms with E-state index < -0.39 is 17.6 Å². The lowest BCUT2D eigenvalue weighted by atomic mass is 10.1. The maximum Gasteiger partial charge on any atom is 0.416 e. The Bertz CT molecular complexity index is 1020. The highest BCUT2D eigenvalue weighted by Gasteiger charge is 2.30. The molecule has 3 aromatic rings. The smallest absolute Gasteiger partial charge is 0.339 e. The molecule has 1 amide bonds. The van der Waals surface area contributed by atoms with Crippen molar-refractivity contribution in [2.75, 3.05) is 13.1 Å². The average molecular weight is 435 g/mol. The molecular formula is C22H21F4N3O2. The molecule has 0 spiro atoms. The highest BCUT2D eigenvalue weighted by atomic mass is 19.4. The number of nitrogens with zero attached hydrogens (tertiary/aromatic N) is 3. The first-order valence-electron chi connectivity index (χ1n) is 9.83. The topological polar surface area (TPSA) is 59.2 Å². The van der Waals surface area contributed by atoms with Gasteiger partial charge >= 0.3 is 6.18 Å². The molecule has 31 heavy (non-hydrogen) atoms. The van der Waals surface area contributed by atoms with Crippen LogP contribution in [0.3, 0.4) is 0 Å².